The van der Waals surface area contributed by atoms with Crippen LogP contribution in [0.2, 0.25) is 5.02 Å². The van der Waals surface area contributed by atoms with Crippen molar-refractivity contribution in [2.75, 3.05) is 19.8 Å². The molecule has 0 fully saturated rings. The summed E-state index contributed by atoms with van der Waals surface area (Å²) in [7, 11) is 0. The van der Waals surface area contributed by atoms with Crippen LogP contribution in [-0.2, 0) is 4.74 Å². The summed E-state index contributed by atoms with van der Waals surface area (Å²) in [5.41, 5.74) is -0.198. The third-order valence-electron chi connectivity index (χ3n) is 2.16. The fraction of sp³-hybridized carbons (Fsp3) is 0.364. The molecule has 0 saturated carbocycles. The molecule has 1 rings (SSSR count). The van der Waals surface area contributed by atoms with E-state index in [-0.39, 0.29) is 16.3 Å². The number of carbonyl (C=O) groups excluding carboxylic acids is 1. The summed E-state index contributed by atoms with van der Waals surface area (Å²) in [6, 6.07) is 4.10. The Morgan fingerprint density at radius 3 is 2.89 bits per heavy atom. The minimum Gasteiger partial charge on any atom is -0.380 e. The van der Waals surface area contributed by atoms with E-state index >= 15 is 0 Å². The van der Waals surface area contributed by atoms with E-state index in [0.717, 1.165) is 0 Å². The van der Waals surface area contributed by atoms with E-state index in [1.165, 1.54) is 18.2 Å². The minimum absolute atomic E-state index is 0.0855. The molecule has 0 bridgehead atoms. The van der Waals surface area contributed by atoms with Gasteiger partial charge in [0.05, 0.1) is 17.1 Å². The second kappa shape index (κ2) is 6.93. The second-order valence-electron chi connectivity index (χ2n) is 3.35. The Bertz CT molecular complexity index is 451. The zero-order valence-electron chi connectivity index (χ0n) is 9.81. The lowest BCUT2D eigenvalue weighted by molar-refractivity contribution is -0.384. The van der Waals surface area contributed by atoms with E-state index in [4.69, 9.17) is 16.3 Å². The number of nitro groups is 1. The number of ether oxygens (including phenoxy) is 1. The highest BCUT2D eigenvalue weighted by Gasteiger charge is 2.19. The molecule has 1 N–H and O–H groups in total. The third kappa shape index (κ3) is 3.68. The van der Waals surface area contributed by atoms with E-state index in [0.29, 0.717) is 19.8 Å². The molecule has 7 heteroatoms. The van der Waals surface area contributed by atoms with Crippen LogP contribution in [0.1, 0.15) is 17.3 Å². The molecular weight excluding hydrogens is 260 g/mol. The summed E-state index contributed by atoms with van der Waals surface area (Å²) in [6.07, 6.45) is 0. The van der Waals surface area contributed by atoms with Gasteiger partial charge in [0.15, 0.2) is 0 Å². The highest BCUT2D eigenvalue weighted by Crippen LogP contribution is 2.27. The Balaban J connectivity index is 2.74. The van der Waals surface area contributed by atoms with Crippen LogP contribution in [0.3, 0.4) is 0 Å². The molecule has 0 unspecified atom stereocenters. The third-order valence-corrected chi connectivity index (χ3v) is 2.55. The predicted molar refractivity (Wildman–Crippen MR) is 66.9 cm³/mol. The van der Waals surface area contributed by atoms with Crippen molar-refractivity contribution in [2.45, 2.75) is 6.92 Å². The van der Waals surface area contributed by atoms with Crippen molar-refractivity contribution >= 4 is 23.2 Å². The summed E-state index contributed by atoms with van der Waals surface area (Å²) < 4.78 is 5.06. The predicted octanol–water partition coefficient (Wildman–Crippen LogP) is 2.01. The fourth-order valence-electron chi connectivity index (χ4n) is 1.31. The monoisotopic (exact) mass is 272 g/mol. The number of halogens is 1. The largest absolute Gasteiger partial charge is 0.380 e. The number of amides is 1. The number of nitrogens with zero attached hydrogens (tertiary/aromatic N) is 1. The minimum atomic E-state index is -0.626. The Morgan fingerprint density at radius 2 is 2.28 bits per heavy atom. The van der Waals surface area contributed by atoms with E-state index in [1.54, 1.807) is 0 Å². The Labute approximate surface area is 109 Å². The smallest absolute Gasteiger partial charge is 0.288 e. The van der Waals surface area contributed by atoms with E-state index in [2.05, 4.69) is 5.32 Å². The molecule has 1 aromatic carbocycles. The maximum absolute atomic E-state index is 11.7. The number of nitrogens with one attached hydrogen (secondary N) is 1. The van der Waals surface area contributed by atoms with Gasteiger partial charge in [-0.3, -0.25) is 14.9 Å². The van der Waals surface area contributed by atoms with E-state index in [9.17, 15) is 14.9 Å². The molecule has 6 nitrogen and oxygen atoms in total. The zero-order chi connectivity index (χ0) is 13.5. The quantitative estimate of drug-likeness (QED) is 0.488. The van der Waals surface area contributed by atoms with Gasteiger partial charge in [-0.1, -0.05) is 17.7 Å². The molecule has 18 heavy (non-hydrogen) atoms. The van der Waals surface area contributed by atoms with E-state index < -0.39 is 10.8 Å². The molecule has 0 saturated heterocycles. The van der Waals surface area contributed by atoms with Crippen molar-refractivity contribution in [3.8, 4) is 0 Å². The number of nitro benzene ring substituents is 1. The SMILES string of the molecule is CCOCCNC(=O)c1cccc([N+](=O)[O-])c1Cl. The zero-order valence-corrected chi connectivity index (χ0v) is 10.6. The highest BCUT2D eigenvalue weighted by molar-refractivity contribution is 6.35. The van der Waals surface area contributed by atoms with Crippen LogP contribution in [0, 0.1) is 10.1 Å². The summed E-state index contributed by atoms with van der Waals surface area (Å²) in [6.45, 7) is 3.12. The van der Waals surface area contributed by atoms with Gasteiger partial charge >= 0.3 is 0 Å². The molecule has 0 aliphatic carbocycles. The van der Waals surface area contributed by atoms with Crippen LogP contribution in [0.4, 0.5) is 5.69 Å². The summed E-state index contributed by atoms with van der Waals surface area (Å²) in [4.78, 5) is 21.8. The maximum atomic E-state index is 11.7. The van der Waals surface area contributed by atoms with Gasteiger partial charge in [0.1, 0.15) is 5.02 Å². The van der Waals surface area contributed by atoms with Crippen molar-refractivity contribution < 1.29 is 14.5 Å². The maximum Gasteiger partial charge on any atom is 0.288 e. The number of carbonyl (C=O) groups is 1. The van der Waals surface area contributed by atoms with Crippen molar-refractivity contribution in [3.05, 3.63) is 38.9 Å². The fourth-order valence-corrected chi connectivity index (χ4v) is 1.59. The van der Waals surface area contributed by atoms with Crippen LogP contribution in [0.15, 0.2) is 18.2 Å². The summed E-state index contributed by atoms with van der Waals surface area (Å²) in [5, 5.41) is 13.1. The molecule has 0 radical (unpaired) electrons. The lowest BCUT2D eigenvalue weighted by Crippen LogP contribution is -2.27. The van der Waals surface area contributed by atoms with Gasteiger partial charge in [-0.15, -0.1) is 0 Å². The molecule has 0 heterocycles. The normalized spacial score (nSPS) is 10.1. The molecule has 0 spiro atoms. The lowest BCUT2D eigenvalue weighted by Gasteiger charge is -2.06. The van der Waals surface area contributed by atoms with Gasteiger partial charge in [-0.05, 0) is 13.0 Å². The first-order chi connectivity index (χ1) is 8.57. The first-order valence-corrected chi connectivity index (χ1v) is 5.74. The van der Waals surface area contributed by atoms with Gasteiger partial charge in [-0.2, -0.15) is 0 Å². The second-order valence-corrected chi connectivity index (χ2v) is 3.73. The van der Waals surface area contributed by atoms with Gasteiger partial charge in [0.25, 0.3) is 11.6 Å². The molecule has 0 atom stereocenters. The molecule has 0 aliphatic heterocycles. The van der Waals surface area contributed by atoms with Gasteiger partial charge < -0.3 is 10.1 Å². The summed E-state index contributed by atoms with van der Waals surface area (Å²) >= 11 is 5.80. The molecular formula is C11H13ClN2O4. The average Bonchev–Trinajstić information content (AvgIpc) is 2.34. The Hall–Kier alpha value is -1.66. The number of rotatable bonds is 6. The van der Waals surface area contributed by atoms with E-state index in [1.807, 2.05) is 6.92 Å². The van der Waals surface area contributed by atoms with Crippen molar-refractivity contribution in [1.29, 1.82) is 0 Å². The van der Waals surface area contributed by atoms with Crippen LogP contribution in [0.5, 0.6) is 0 Å². The lowest BCUT2D eigenvalue weighted by atomic mass is 10.2. The summed E-state index contributed by atoms with van der Waals surface area (Å²) in [5.74, 6) is -0.455. The van der Waals surface area contributed by atoms with Gasteiger partial charge in [-0.25, -0.2) is 0 Å². The van der Waals surface area contributed by atoms with Crippen molar-refractivity contribution in [3.63, 3.8) is 0 Å². The molecule has 1 aromatic rings. The van der Waals surface area contributed by atoms with Crippen LogP contribution < -0.4 is 5.32 Å². The molecule has 0 aromatic heterocycles. The topological polar surface area (TPSA) is 81.5 Å². The molecule has 98 valence electrons. The standard InChI is InChI=1S/C11H13ClN2O4/c1-2-18-7-6-13-11(15)8-4-3-5-9(10(8)12)14(16)17/h3-5H,2,6-7H2,1H3,(H,13,15). The van der Waals surface area contributed by atoms with Crippen LogP contribution in [-0.4, -0.2) is 30.6 Å². The Kier molecular flexibility index (Phi) is 5.54. The van der Waals surface area contributed by atoms with Crippen LogP contribution in [0.25, 0.3) is 0 Å². The molecule has 0 aliphatic rings. The number of benzene rings is 1. The number of hydrogen-bond donors (Lipinski definition) is 1. The Morgan fingerprint density at radius 1 is 1.56 bits per heavy atom. The highest BCUT2D eigenvalue weighted by atomic mass is 35.5. The average molecular weight is 273 g/mol. The van der Waals surface area contributed by atoms with Gasteiger partial charge in [0.2, 0.25) is 0 Å². The first-order valence-electron chi connectivity index (χ1n) is 5.36. The van der Waals surface area contributed by atoms with Crippen molar-refractivity contribution in [2.24, 2.45) is 0 Å². The van der Waals surface area contributed by atoms with Crippen LogP contribution >= 0.6 is 11.6 Å². The first kappa shape index (κ1) is 14.4. The van der Waals surface area contributed by atoms with Gasteiger partial charge in [0, 0.05) is 19.2 Å². The number of hydrogen-bond acceptors (Lipinski definition) is 4. The van der Waals surface area contributed by atoms with Crippen molar-refractivity contribution in [1.82, 2.24) is 5.32 Å². The molecule has 1 amide bonds.